The van der Waals surface area contributed by atoms with Gasteiger partial charge < -0.3 is 9.88 Å². The Morgan fingerprint density at radius 3 is 2.38 bits per heavy atom. The first-order chi connectivity index (χ1) is 10.2. The van der Waals surface area contributed by atoms with Gasteiger partial charge >= 0.3 is 0 Å². The van der Waals surface area contributed by atoms with E-state index in [-0.39, 0.29) is 0 Å². The molecule has 1 aromatic rings. The normalized spacial score (nSPS) is 38.9. The van der Waals surface area contributed by atoms with Gasteiger partial charge in [0.25, 0.3) is 0 Å². The topological polar surface area (TPSA) is 17.0 Å². The Kier molecular flexibility index (Phi) is 3.40. The Labute approximate surface area is 129 Å². The highest BCUT2D eigenvalue weighted by molar-refractivity contribution is 5.09. The van der Waals surface area contributed by atoms with Crippen molar-refractivity contribution in [3.8, 4) is 0 Å². The molecule has 5 rings (SSSR count). The molecule has 4 bridgehead atoms. The van der Waals surface area contributed by atoms with Crippen LogP contribution in [0.4, 0.5) is 0 Å². The third-order valence-electron chi connectivity index (χ3n) is 6.86. The van der Waals surface area contributed by atoms with Crippen molar-refractivity contribution >= 4 is 0 Å². The molecule has 4 saturated carbocycles. The third-order valence-corrected chi connectivity index (χ3v) is 6.86. The predicted molar refractivity (Wildman–Crippen MR) is 87.0 cm³/mol. The van der Waals surface area contributed by atoms with Gasteiger partial charge in [0.2, 0.25) is 0 Å². The minimum atomic E-state index is 0.623. The lowest BCUT2D eigenvalue weighted by atomic mass is 9.48. The summed E-state index contributed by atoms with van der Waals surface area (Å²) in [5.74, 6) is 3.17. The van der Waals surface area contributed by atoms with Crippen molar-refractivity contribution in [2.45, 2.75) is 71.5 Å². The van der Waals surface area contributed by atoms with Gasteiger partial charge in [-0.2, -0.15) is 0 Å². The second-order valence-electron chi connectivity index (χ2n) is 8.17. The van der Waals surface area contributed by atoms with Crippen LogP contribution in [0.2, 0.25) is 0 Å². The van der Waals surface area contributed by atoms with Crippen molar-refractivity contribution in [2.75, 3.05) is 0 Å². The monoisotopic (exact) mass is 286 g/mol. The van der Waals surface area contributed by atoms with Gasteiger partial charge in [0, 0.05) is 31.0 Å². The number of aromatic nitrogens is 1. The van der Waals surface area contributed by atoms with Crippen molar-refractivity contribution in [1.29, 1.82) is 0 Å². The predicted octanol–water partition coefficient (Wildman–Crippen LogP) is 4.20. The zero-order valence-corrected chi connectivity index (χ0v) is 13.6. The molecule has 0 aromatic carbocycles. The summed E-state index contributed by atoms with van der Waals surface area (Å²) in [5.41, 5.74) is 2.06. The number of nitrogens with zero attached hydrogens (tertiary/aromatic N) is 1. The summed E-state index contributed by atoms with van der Waals surface area (Å²) >= 11 is 0. The number of aryl methyl sites for hydroxylation is 1. The van der Waals surface area contributed by atoms with Crippen molar-refractivity contribution in [3.05, 3.63) is 24.0 Å². The Hall–Kier alpha value is -0.760. The Bertz CT molecular complexity index is 466. The molecule has 2 heteroatoms. The molecule has 21 heavy (non-hydrogen) atoms. The second kappa shape index (κ2) is 5.15. The highest BCUT2D eigenvalue weighted by Crippen LogP contribution is 2.61. The molecule has 1 aromatic heterocycles. The number of hydrogen-bond acceptors (Lipinski definition) is 1. The molecule has 1 N–H and O–H groups in total. The van der Waals surface area contributed by atoms with E-state index in [1.807, 2.05) is 0 Å². The summed E-state index contributed by atoms with van der Waals surface area (Å²) in [6.07, 6.45) is 11.3. The van der Waals surface area contributed by atoms with Crippen molar-refractivity contribution in [3.63, 3.8) is 0 Å². The van der Waals surface area contributed by atoms with Gasteiger partial charge in [-0.3, -0.25) is 0 Å². The molecule has 0 saturated heterocycles. The molecule has 1 unspecified atom stereocenters. The highest BCUT2D eigenvalue weighted by atomic mass is 15.0. The quantitative estimate of drug-likeness (QED) is 0.858. The van der Waals surface area contributed by atoms with Crippen molar-refractivity contribution in [2.24, 2.45) is 23.2 Å². The van der Waals surface area contributed by atoms with Crippen LogP contribution in [0.15, 0.2) is 18.3 Å². The maximum atomic E-state index is 3.90. The van der Waals surface area contributed by atoms with Crippen LogP contribution in [0.1, 0.15) is 58.1 Å². The van der Waals surface area contributed by atoms with Gasteiger partial charge in [-0.25, -0.2) is 0 Å². The van der Waals surface area contributed by atoms with E-state index in [1.165, 1.54) is 25.0 Å². The van der Waals surface area contributed by atoms with Crippen molar-refractivity contribution < 1.29 is 0 Å². The van der Waals surface area contributed by atoms with Crippen LogP contribution in [-0.4, -0.2) is 10.6 Å². The van der Waals surface area contributed by atoms with Gasteiger partial charge in [0.1, 0.15) is 0 Å². The van der Waals surface area contributed by atoms with Crippen LogP contribution >= 0.6 is 0 Å². The Morgan fingerprint density at radius 2 is 1.81 bits per heavy atom. The van der Waals surface area contributed by atoms with Gasteiger partial charge in [-0.1, -0.05) is 0 Å². The van der Waals surface area contributed by atoms with E-state index in [9.17, 15) is 0 Å². The summed E-state index contributed by atoms with van der Waals surface area (Å²) < 4.78 is 2.36. The first kappa shape index (κ1) is 13.9. The van der Waals surface area contributed by atoms with Gasteiger partial charge in [-0.15, -0.1) is 0 Å². The molecule has 0 amide bonds. The summed E-state index contributed by atoms with van der Waals surface area (Å²) in [7, 11) is 0. The molecule has 1 atom stereocenters. The SMILES string of the molecule is CCn1cccc1CNC(C)C12CC3CC(CC(C3)C1)C2. The molecule has 116 valence electrons. The zero-order valence-electron chi connectivity index (χ0n) is 13.6. The Morgan fingerprint density at radius 1 is 1.19 bits per heavy atom. The molecule has 0 aliphatic heterocycles. The average Bonchev–Trinajstić information content (AvgIpc) is 2.90. The summed E-state index contributed by atoms with van der Waals surface area (Å²) in [6, 6.07) is 5.12. The largest absolute Gasteiger partial charge is 0.351 e. The van der Waals surface area contributed by atoms with E-state index in [0.29, 0.717) is 11.5 Å². The molecule has 4 aliphatic rings. The second-order valence-corrected chi connectivity index (χ2v) is 8.17. The van der Waals surface area contributed by atoms with Crippen LogP contribution in [0.3, 0.4) is 0 Å². The molecule has 0 spiro atoms. The molecular weight excluding hydrogens is 256 g/mol. The van der Waals surface area contributed by atoms with Crippen LogP contribution < -0.4 is 5.32 Å². The van der Waals surface area contributed by atoms with E-state index in [4.69, 9.17) is 0 Å². The lowest BCUT2D eigenvalue weighted by Gasteiger charge is -2.59. The van der Waals surface area contributed by atoms with Crippen LogP contribution in [0.5, 0.6) is 0 Å². The maximum absolute atomic E-state index is 3.90. The summed E-state index contributed by atoms with van der Waals surface area (Å²) in [5, 5.41) is 3.90. The highest BCUT2D eigenvalue weighted by Gasteiger charge is 2.52. The fourth-order valence-electron chi connectivity index (χ4n) is 6.10. The minimum absolute atomic E-state index is 0.623. The van der Waals surface area contributed by atoms with E-state index in [1.54, 1.807) is 19.3 Å². The van der Waals surface area contributed by atoms with Gasteiger partial charge in [0.15, 0.2) is 0 Å². The van der Waals surface area contributed by atoms with Crippen LogP contribution in [-0.2, 0) is 13.1 Å². The smallest absolute Gasteiger partial charge is 0.0361 e. The molecule has 0 radical (unpaired) electrons. The van der Waals surface area contributed by atoms with E-state index in [2.05, 4.69) is 42.1 Å². The van der Waals surface area contributed by atoms with Gasteiger partial charge in [0.05, 0.1) is 0 Å². The first-order valence-corrected chi connectivity index (χ1v) is 9.06. The van der Waals surface area contributed by atoms with Gasteiger partial charge in [-0.05, 0) is 87.7 Å². The van der Waals surface area contributed by atoms with Crippen molar-refractivity contribution in [1.82, 2.24) is 9.88 Å². The number of rotatable bonds is 5. The zero-order chi connectivity index (χ0) is 14.4. The van der Waals surface area contributed by atoms with E-state index >= 15 is 0 Å². The van der Waals surface area contributed by atoms with Crippen LogP contribution in [0.25, 0.3) is 0 Å². The molecular formula is C19H30N2. The molecule has 4 fully saturated rings. The first-order valence-electron chi connectivity index (χ1n) is 9.06. The maximum Gasteiger partial charge on any atom is 0.0361 e. The fourth-order valence-corrected chi connectivity index (χ4v) is 6.10. The fraction of sp³-hybridized carbons (Fsp3) is 0.789. The number of hydrogen-bond donors (Lipinski definition) is 1. The summed E-state index contributed by atoms with van der Waals surface area (Å²) in [4.78, 5) is 0. The third kappa shape index (κ3) is 2.36. The lowest BCUT2D eigenvalue weighted by molar-refractivity contribution is -0.0707. The van der Waals surface area contributed by atoms with Crippen LogP contribution in [0, 0.1) is 23.2 Å². The molecule has 1 heterocycles. The number of nitrogens with one attached hydrogen (secondary N) is 1. The average molecular weight is 286 g/mol. The van der Waals surface area contributed by atoms with E-state index in [0.717, 1.165) is 30.8 Å². The Balaban J connectivity index is 1.44. The molecule has 2 nitrogen and oxygen atoms in total. The lowest BCUT2D eigenvalue weighted by Crippen LogP contribution is -2.54. The summed E-state index contributed by atoms with van der Waals surface area (Å²) in [6.45, 7) is 6.80. The minimum Gasteiger partial charge on any atom is -0.351 e. The standard InChI is InChI=1S/C19H30N2/c1-3-21-6-4-5-18(21)13-20-14(2)19-10-15-7-16(11-19)9-17(8-15)12-19/h4-6,14-17,20H,3,7-13H2,1-2H3. The van der Waals surface area contributed by atoms with E-state index < -0.39 is 0 Å². The molecule has 4 aliphatic carbocycles.